The Kier molecular flexibility index (Phi) is 4.11. The Labute approximate surface area is 78.8 Å². The van der Waals surface area contributed by atoms with Gasteiger partial charge in [0.1, 0.15) is 0 Å². The molecule has 1 unspecified atom stereocenters. The fourth-order valence-electron chi connectivity index (χ4n) is 0.975. The van der Waals surface area contributed by atoms with E-state index in [1.54, 1.807) is 0 Å². The van der Waals surface area contributed by atoms with Crippen LogP contribution in [-0.2, 0) is 6.42 Å². The van der Waals surface area contributed by atoms with E-state index in [9.17, 15) is 0 Å². The van der Waals surface area contributed by atoms with Crippen LogP contribution < -0.4 is 5.32 Å². The third-order valence-corrected chi connectivity index (χ3v) is 1.79. The minimum absolute atomic E-state index is 0.270. The summed E-state index contributed by atoms with van der Waals surface area (Å²) in [5, 5.41) is 3.51. The summed E-state index contributed by atoms with van der Waals surface area (Å²) < 4.78 is 0. The quantitative estimate of drug-likeness (QED) is 0.545. The second kappa shape index (κ2) is 5.17. The summed E-state index contributed by atoms with van der Waals surface area (Å²) in [6.07, 6.45) is 4.67. The maximum absolute atomic E-state index is 4.22. The van der Waals surface area contributed by atoms with Gasteiger partial charge in [0.15, 0.2) is 0 Å². The molecule has 0 saturated heterocycles. The van der Waals surface area contributed by atoms with Crippen molar-refractivity contribution in [1.29, 1.82) is 0 Å². The molecule has 0 aliphatic carbocycles. The van der Waals surface area contributed by atoms with Gasteiger partial charge in [-0.15, -0.1) is 0 Å². The maximum atomic E-state index is 4.22. The van der Waals surface area contributed by atoms with Crippen LogP contribution in [0, 0.1) is 0 Å². The number of hydrogen-bond acceptors (Lipinski definition) is 3. The van der Waals surface area contributed by atoms with Crippen LogP contribution in [0.15, 0.2) is 24.5 Å². The monoisotopic (exact) mass is 182 g/mol. The number of pyridine rings is 1. The van der Waals surface area contributed by atoms with Crippen molar-refractivity contribution in [3.8, 4) is 0 Å². The summed E-state index contributed by atoms with van der Waals surface area (Å²) in [7, 11) is 0. The summed E-state index contributed by atoms with van der Waals surface area (Å²) in [4.78, 5) is 3.95. The van der Waals surface area contributed by atoms with Crippen LogP contribution >= 0.6 is 12.6 Å². The zero-order chi connectivity index (χ0) is 8.81. The van der Waals surface area contributed by atoms with Crippen molar-refractivity contribution in [2.24, 2.45) is 0 Å². The molecule has 1 atom stereocenters. The lowest BCUT2D eigenvalue weighted by Crippen LogP contribution is -2.23. The van der Waals surface area contributed by atoms with Crippen LogP contribution in [0.3, 0.4) is 0 Å². The number of thiol groups is 1. The van der Waals surface area contributed by atoms with Crippen molar-refractivity contribution in [2.45, 2.75) is 18.7 Å². The van der Waals surface area contributed by atoms with E-state index in [0.29, 0.717) is 0 Å². The second-order valence-electron chi connectivity index (χ2n) is 2.74. The lowest BCUT2D eigenvalue weighted by molar-refractivity contribution is 0.685. The summed E-state index contributed by atoms with van der Waals surface area (Å²) in [6, 6.07) is 4.07. The molecule has 66 valence electrons. The molecule has 0 aromatic carbocycles. The van der Waals surface area contributed by atoms with Gasteiger partial charge in [-0.05, 0) is 31.0 Å². The van der Waals surface area contributed by atoms with E-state index in [1.165, 1.54) is 5.56 Å². The molecule has 0 aliphatic rings. The molecule has 1 aromatic heterocycles. The highest BCUT2D eigenvalue weighted by Gasteiger charge is 1.93. The second-order valence-corrected chi connectivity index (χ2v) is 3.51. The molecule has 3 heteroatoms. The van der Waals surface area contributed by atoms with Crippen LogP contribution in [0.1, 0.15) is 12.5 Å². The molecule has 0 spiro atoms. The molecule has 0 radical (unpaired) electrons. The zero-order valence-electron chi connectivity index (χ0n) is 7.20. The Morgan fingerprint density at radius 3 is 2.75 bits per heavy atom. The highest BCUT2D eigenvalue weighted by Crippen LogP contribution is 1.96. The molecule has 1 rings (SSSR count). The molecule has 0 amide bonds. The number of hydrogen-bond donors (Lipinski definition) is 2. The molecular formula is C9H14N2S. The molecule has 2 nitrogen and oxygen atoms in total. The highest BCUT2D eigenvalue weighted by atomic mass is 32.1. The summed E-state index contributed by atoms with van der Waals surface area (Å²) in [5.41, 5.74) is 1.31. The van der Waals surface area contributed by atoms with Gasteiger partial charge < -0.3 is 5.32 Å². The first-order valence-electron chi connectivity index (χ1n) is 4.09. The Bertz CT molecular complexity index is 211. The van der Waals surface area contributed by atoms with Gasteiger partial charge in [0.25, 0.3) is 0 Å². The number of rotatable bonds is 4. The molecule has 0 bridgehead atoms. The first-order chi connectivity index (χ1) is 5.79. The predicted octanol–water partition coefficient (Wildman–Crippen LogP) is 1.49. The van der Waals surface area contributed by atoms with Crippen molar-refractivity contribution in [3.63, 3.8) is 0 Å². The molecular weight excluding hydrogens is 168 g/mol. The smallest absolute Gasteiger partial charge is 0.0473 e. The predicted molar refractivity (Wildman–Crippen MR) is 54.4 cm³/mol. The van der Waals surface area contributed by atoms with E-state index < -0.39 is 0 Å². The first-order valence-corrected chi connectivity index (χ1v) is 4.61. The van der Waals surface area contributed by atoms with E-state index in [-0.39, 0.29) is 5.37 Å². The minimum Gasteiger partial charge on any atom is -0.305 e. The van der Waals surface area contributed by atoms with Crippen molar-refractivity contribution in [3.05, 3.63) is 30.1 Å². The standard InChI is InChI=1S/C9H14N2S/c1-8(12)11-7-4-9-2-5-10-6-3-9/h2-3,5-6,8,11-12H,4,7H2,1H3. The fraction of sp³-hybridized carbons (Fsp3) is 0.444. The molecule has 0 saturated carbocycles. The Balaban J connectivity index is 2.25. The molecule has 1 heterocycles. The Hall–Kier alpha value is -0.540. The van der Waals surface area contributed by atoms with Gasteiger partial charge in [-0.2, -0.15) is 12.6 Å². The molecule has 0 fully saturated rings. The van der Waals surface area contributed by atoms with Gasteiger partial charge in [0, 0.05) is 24.3 Å². The van der Waals surface area contributed by atoms with E-state index in [2.05, 4.69) is 22.9 Å². The van der Waals surface area contributed by atoms with Crippen molar-refractivity contribution < 1.29 is 0 Å². The number of aromatic nitrogens is 1. The molecule has 1 aromatic rings. The minimum atomic E-state index is 0.270. The van der Waals surface area contributed by atoms with Gasteiger partial charge in [-0.1, -0.05) is 0 Å². The Morgan fingerprint density at radius 1 is 1.50 bits per heavy atom. The Morgan fingerprint density at radius 2 is 2.17 bits per heavy atom. The average molecular weight is 182 g/mol. The zero-order valence-corrected chi connectivity index (χ0v) is 8.09. The van der Waals surface area contributed by atoms with E-state index >= 15 is 0 Å². The molecule has 12 heavy (non-hydrogen) atoms. The molecule has 1 N–H and O–H groups in total. The largest absolute Gasteiger partial charge is 0.305 e. The van der Waals surface area contributed by atoms with Crippen LogP contribution in [0.4, 0.5) is 0 Å². The third kappa shape index (κ3) is 3.74. The van der Waals surface area contributed by atoms with Gasteiger partial charge in [0.05, 0.1) is 0 Å². The number of nitrogens with zero attached hydrogens (tertiary/aromatic N) is 1. The average Bonchev–Trinajstić information content (AvgIpc) is 2.05. The van der Waals surface area contributed by atoms with Crippen LogP contribution in [0.25, 0.3) is 0 Å². The van der Waals surface area contributed by atoms with Gasteiger partial charge in [0.2, 0.25) is 0 Å². The van der Waals surface area contributed by atoms with Crippen molar-refractivity contribution in [2.75, 3.05) is 6.54 Å². The maximum Gasteiger partial charge on any atom is 0.0473 e. The van der Waals surface area contributed by atoms with Crippen molar-refractivity contribution >= 4 is 12.6 Å². The third-order valence-electron chi connectivity index (χ3n) is 1.60. The summed E-state index contributed by atoms with van der Waals surface area (Å²) in [6.45, 7) is 2.99. The van der Waals surface area contributed by atoms with Gasteiger partial charge >= 0.3 is 0 Å². The normalized spacial score (nSPS) is 12.8. The number of nitrogens with one attached hydrogen (secondary N) is 1. The highest BCUT2D eigenvalue weighted by molar-refractivity contribution is 7.80. The topological polar surface area (TPSA) is 24.9 Å². The van der Waals surface area contributed by atoms with Gasteiger partial charge in [-0.3, -0.25) is 4.98 Å². The summed E-state index contributed by atoms with van der Waals surface area (Å²) >= 11 is 4.22. The molecule has 0 aliphatic heterocycles. The lowest BCUT2D eigenvalue weighted by atomic mass is 10.2. The lowest BCUT2D eigenvalue weighted by Gasteiger charge is -2.06. The van der Waals surface area contributed by atoms with Gasteiger partial charge in [-0.25, -0.2) is 0 Å². The summed E-state index contributed by atoms with van der Waals surface area (Å²) in [5.74, 6) is 0. The fourth-order valence-corrected chi connectivity index (χ4v) is 1.10. The van der Waals surface area contributed by atoms with Crippen LogP contribution in [0.2, 0.25) is 0 Å². The van der Waals surface area contributed by atoms with E-state index in [0.717, 1.165) is 13.0 Å². The van der Waals surface area contributed by atoms with E-state index in [4.69, 9.17) is 0 Å². The van der Waals surface area contributed by atoms with E-state index in [1.807, 2.05) is 31.5 Å². The van der Waals surface area contributed by atoms with Crippen molar-refractivity contribution in [1.82, 2.24) is 10.3 Å². The first kappa shape index (κ1) is 9.55. The van der Waals surface area contributed by atoms with Crippen LogP contribution in [-0.4, -0.2) is 16.9 Å². The SMILES string of the molecule is CC(S)NCCc1ccncc1. The van der Waals surface area contributed by atoms with Crippen LogP contribution in [0.5, 0.6) is 0 Å².